The Morgan fingerprint density at radius 2 is 1.65 bits per heavy atom. The summed E-state index contributed by atoms with van der Waals surface area (Å²) >= 11 is 0. The first-order chi connectivity index (χ1) is 12.5. The average Bonchev–Trinajstić information content (AvgIpc) is 2.67. The van der Waals surface area contributed by atoms with Crippen molar-refractivity contribution in [1.82, 2.24) is 0 Å². The summed E-state index contributed by atoms with van der Waals surface area (Å²) in [5.74, 6) is -1.21. The Bertz CT molecular complexity index is 960. The first-order valence-electron chi connectivity index (χ1n) is 8.38. The monoisotopic (exact) mass is 354 g/mol. The predicted octanol–water partition coefficient (Wildman–Crippen LogP) is 2.39. The zero-order valence-corrected chi connectivity index (χ0v) is 14.5. The number of aromatic hydroxyl groups is 2. The summed E-state index contributed by atoms with van der Waals surface area (Å²) in [7, 11) is 3.00. The van der Waals surface area contributed by atoms with E-state index >= 15 is 0 Å². The van der Waals surface area contributed by atoms with E-state index in [9.17, 15) is 19.8 Å². The van der Waals surface area contributed by atoms with Crippen molar-refractivity contribution in [3.8, 4) is 17.2 Å². The molecule has 0 heterocycles. The zero-order valence-electron chi connectivity index (χ0n) is 14.5. The van der Waals surface area contributed by atoms with Gasteiger partial charge in [0.05, 0.1) is 29.9 Å². The van der Waals surface area contributed by atoms with Crippen LogP contribution in [0.2, 0.25) is 0 Å². The SMILES string of the molecule is COc1cccc2c1C(=O)c1c(O)c3c(c(O)c1C2=O)C[C@H](OC)CC3. The molecule has 1 atom stereocenters. The lowest BCUT2D eigenvalue weighted by atomic mass is 9.77. The van der Waals surface area contributed by atoms with Crippen LogP contribution in [0.1, 0.15) is 49.4 Å². The van der Waals surface area contributed by atoms with Crippen LogP contribution in [0.3, 0.4) is 0 Å². The summed E-state index contributed by atoms with van der Waals surface area (Å²) in [5, 5.41) is 21.6. The van der Waals surface area contributed by atoms with Crippen LogP contribution in [-0.4, -0.2) is 42.1 Å². The molecule has 26 heavy (non-hydrogen) atoms. The molecule has 2 N–H and O–H groups in total. The van der Waals surface area contributed by atoms with E-state index in [0.29, 0.717) is 30.4 Å². The van der Waals surface area contributed by atoms with Gasteiger partial charge in [0.2, 0.25) is 5.78 Å². The molecule has 2 aliphatic rings. The zero-order chi connectivity index (χ0) is 18.6. The van der Waals surface area contributed by atoms with Crippen LogP contribution in [0, 0.1) is 0 Å². The molecule has 2 aromatic rings. The lowest BCUT2D eigenvalue weighted by molar-refractivity contribution is 0.0893. The van der Waals surface area contributed by atoms with Gasteiger partial charge in [0.15, 0.2) is 5.78 Å². The molecule has 0 unspecified atom stereocenters. The normalized spacial score (nSPS) is 18.2. The summed E-state index contributed by atoms with van der Waals surface area (Å²) < 4.78 is 10.6. The molecule has 0 bridgehead atoms. The largest absolute Gasteiger partial charge is 0.507 e. The van der Waals surface area contributed by atoms with Crippen molar-refractivity contribution in [2.45, 2.75) is 25.4 Å². The fourth-order valence-corrected chi connectivity index (χ4v) is 3.98. The molecule has 6 heteroatoms. The third-order valence-corrected chi connectivity index (χ3v) is 5.31. The molecule has 0 saturated carbocycles. The molecule has 2 aliphatic carbocycles. The van der Waals surface area contributed by atoms with Gasteiger partial charge in [-0.1, -0.05) is 12.1 Å². The molecule has 0 aromatic heterocycles. The fraction of sp³-hybridized carbons (Fsp3) is 0.300. The highest BCUT2D eigenvalue weighted by molar-refractivity contribution is 6.31. The third-order valence-electron chi connectivity index (χ3n) is 5.31. The maximum atomic E-state index is 13.1. The Morgan fingerprint density at radius 1 is 0.962 bits per heavy atom. The number of benzene rings is 2. The van der Waals surface area contributed by atoms with E-state index in [1.165, 1.54) is 13.2 Å². The van der Waals surface area contributed by atoms with E-state index in [1.807, 2.05) is 0 Å². The topological polar surface area (TPSA) is 93.1 Å². The maximum absolute atomic E-state index is 13.1. The quantitative estimate of drug-likeness (QED) is 0.687. The molecule has 134 valence electrons. The van der Waals surface area contributed by atoms with Crippen molar-refractivity contribution in [1.29, 1.82) is 0 Å². The first kappa shape index (κ1) is 16.6. The summed E-state index contributed by atoms with van der Waals surface area (Å²) in [5.41, 5.74) is 0.993. The van der Waals surface area contributed by atoms with Crippen molar-refractivity contribution in [2.75, 3.05) is 14.2 Å². The number of phenols is 2. The number of hydrogen-bond acceptors (Lipinski definition) is 6. The van der Waals surface area contributed by atoms with Crippen molar-refractivity contribution in [2.24, 2.45) is 0 Å². The number of carbonyl (C=O) groups excluding carboxylic acids is 2. The van der Waals surface area contributed by atoms with Crippen molar-refractivity contribution in [3.63, 3.8) is 0 Å². The predicted molar refractivity (Wildman–Crippen MR) is 92.5 cm³/mol. The molecular weight excluding hydrogens is 336 g/mol. The second-order valence-electron chi connectivity index (χ2n) is 6.55. The molecule has 4 rings (SSSR count). The van der Waals surface area contributed by atoms with Crippen molar-refractivity contribution < 1.29 is 29.3 Å². The highest BCUT2D eigenvalue weighted by Crippen LogP contribution is 2.46. The molecule has 2 aromatic carbocycles. The van der Waals surface area contributed by atoms with E-state index in [0.717, 1.165) is 0 Å². The molecule has 0 saturated heterocycles. The van der Waals surface area contributed by atoms with Crippen molar-refractivity contribution >= 4 is 11.6 Å². The number of rotatable bonds is 2. The Morgan fingerprint density at radius 3 is 2.35 bits per heavy atom. The van der Waals surface area contributed by atoms with Crippen molar-refractivity contribution in [3.05, 3.63) is 51.6 Å². The number of methoxy groups -OCH3 is 2. The lowest BCUT2D eigenvalue weighted by Gasteiger charge is -2.29. The summed E-state index contributed by atoms with van der Waals surface area (Å²) in [6.07, 6.45) is 1.40. The number of ketones is 2. The Hall–Kier alpha value is -2.86. The van der Waals surface area contributed by atoms with Gasteiger partial charge in [-0.2, -0.15) is 0 Å². The third kappa shape index (κ3) is 2.08. The lowest BCUT2D eigenvalue weighted by Crippen LogP contribution is -2.26. The molecular formula is C20H18O6. The van der Waals surface area contributed by atoms with Gasteiger partial charge in [0.1, 0.15) is 17.2 Å². The van der Waals surface area contributed by atoms with E-state index in [-0.39, 0.29) is 45.6 Å². The van der Waals surface area contributed by atoms with Gasteiger partial charge in [0, 0.05) is 30.2 Å². The smallest absolute Gasteiger partial charge is 0.202 e. The maximum Gasteiger partial charge on any atom is 0.202 e. The summed E-state index contributed by atoms with van der Waals surface area (Å²) in [6, 6.07) is 4.73. The molecule has 6 nitrogen and oxygen atoms in total. The number of fused-ring (bicyclic) bond motifs is 3. The summed E-state index contributed by atoms with van der Waals surface area (Å²) in [6.45, 7) is 0. The van der Waals surface area contributed by atoms with Gasteiger partial charge in [0.25, 0.3) is 0 Å². The minimum atomic E-state index is -0.517. The Balaban J connectivity index is 2.01. The number of ether oxygens (including phenoxy) is 2. The van der Waals surface area contributed by atoms with Gasteiger partial charge < -0.3 is 19.7 Å². The minimum Gasteiger partial charge on any atom is -0.507 e. The molecule has 0 aliphatic heterocycles. The van der Waals surface area contributed by atoms with Gasteiger partial charge in [-0.3, -0.25) is 9.59 Å². The van der Waals surface area contributed by atoms with E-state index in [2.05, 4.69) is 0 Å². The minimum absolute atomic E-state index is 0.104. The van der Waals surface area contributed by atoms with E-state index < -0.39 is 11.6 Å². The van der Waals surface area contributed by atoms with E-state index in [1.54, 1.807) is 19.2 Å². The van der Waals surface area contributed by atoms with Crippen LogP contribution in [0.15, 0.2) is 18.2 Å². The van der Waals surface area contributed by atoms with Crippen LogP contribution in [0.5, 0.6) is 17.2 Å². The second-order valence-corrected chi connectivity index (χ2v) is 6.55. The van der Waals surface area contributed by atoms with Gasteiger partial charge >= 0.3 is 0 Å². The highest BCUT2D eigenvalue weighted by atomic mass is 16.5. The molecule has 0 radical (unpaired) electrons. The number of carbonyl (C=O) groups is 2. The molecule has 0 amide bonds. The fourth-order valence-electron chi connectivity index (χ4n) is 3.98. The first-order valence-corrected chi connectivity index (χ1v) is 8.38. The van der Waals surface area contributed by atoms with Gasteiger partial charge in [-0.15, -0.1) is 0 Å². The standard InChI is InChI=1S/C20H18O6/c1-25-9-6-7-10-12(8-9)19(23)15-16(17(10)21)20(24)14-11(18(15)22)4-3-5-13(14)26-2/h3-5,9,21,23H,6-8H2,1-2H3/t9-/m1/s1. The van der Waals surface area contributed by atoms with Crippen LogP contribution in [0.4, 0.5) is 0 Å². The highest BCUT2D eigenvalue weighted by Gasteiger charge is 2.40. The Labute approximate surface area is 150 Å². The van der Waals surface area contributed by atoms with Gasteiger partial charge in [-0.25, -0.2) is 0 Å². The molecule has 0 fully saturated rings. The summed E-state index contributed by atoms with van der Waals surface area (Å²) in [4.78, 5) is 26.1. The molecule has 0 spiro atoms. The van der Waals surface area contributed by atoms with Crippen LogP contribution in [-0.2, 0) is 17.6 Å². The average molecular weight is 354 g/mol. The number of phenolic OH excluding ortho intramolecular Hbond substituents is 2. The Kier molecular flexibility index (Phi) is 3.73. The van der Waals surface area contributed by atoms with Gasteiger partial charge in [-0.05, 0) is 18.9 Å². The van der Waals surface area contributed by atoms with E-state index in [4.69, 9.17) is 9.47 Å². The number of hydrogen-bond donors (Lipinski definition) is 2. The van der Waals surface area contributed by atoms with Crippen LogP contribution in [0.25, 0.3) is 0 Å². The van der Waals surface area contributed by atoms with Crippen LogP contribution >= 0.6 is 0 Å². The van der Waals surface area contributed by atoms with Crippen LogP contribution < -0.4 is 4.74 Å². The second kappa shape index (κ2) is 5.85.